The second kappa shape index (κ2) is 6.92. The molecule has 0 fully saturated rings. The van der Waals surface area contributed by atoms with Crippen molar-refractivity contribution in [3.05, 3.63) is 47.0 Å². The second-order valence-electron chi connectivity index (χ2n) is 10.7. The fourth-order valence-corrected chi connectivity index (χ4v) is 3.78. The fourth-order valence-electron chi connectivity index (χ4n) is 3.78. The van der Waals surface area contributed by atoms with Crippen LogP contribution in [0.5, 0.6) is 0 Å². The zero-order valence-corrected chi connectivity index (χ0v) is 19.5. The maximum atomic E-state index is 10.2. The molecule has 0 bridgehead atoms. The topological polar surface area (TPSA) is 25.2 Å². The molecule has 2 heteroatoms. The lowest BCUT2D eigenvalue weighted by Gasteiger charge is -2.20. The van der Waals surface area contributed by atoms with Gasteiger partial charge < -0.3 is 9.67 Å². The Labute approximate surface area is 175 Å². The Bertz CT molecular complexity index is 1130. The summed E-state index contributed by atoms with van der Waals surface area (Å²) in [4.78, 5) is 0. The van der Waals surface area contributed by atoms with Crippen molar-refractivity contribution < 1.29 is 5.11 Å². The Balaban J connectivity index is 2.50. The molecule has 0 radical (unpaired) electrons. The summed E-state index contributed by atoms with van der Waals surface area (Å²) in [5, 5.41) is 12.7. The minimum absolute atomic E-state index is 0.0155. The average Bonchev–Trinajstić information content (AvgIpc) is 2.90. The number of aromatic nitrogens is 1. The summed E-state index contributed by atoms with van der Waals surface area (Å²) >= 11 is 0. The molecule has 0 aliphatic rings. The maximum Gasteiger partial charge on any atom is 0.120 e. The molecule has 1 aromatic heterocycles. The van der Waals surface area contributed by atoms with Gasteiger partial charge in [-0.2, -0.15) is 0 Å². The van der Waals surface area contributed by atoms with Gasteiger partial charge in [-0.15, -0.1) is 0 Å². The molecule has 154 valence electrons. The van der Waals surface area contributed by atoms with E-state index in [2.05, 4.69) is 95.2 Å². The third-order valence-electron chi connectivity index (χ3n) is 5.51. The van der Waals surface area contributed by atoms with Gasteiger partial charge >= 0.3 is 0 Å². The molecule has 3 aromatic rings. The molecule has 0 saturated heterocycles. The molecular formula is C27H35NO. The van der Waals surface area contributed by atoms with E-state index >= 15 is 0 Å². The highest BCUT2D eigenvalue weighted by molar-refractivity contribution is 6.10. The second-order valence-corrected chi connectivity index (χ2v) is 10.7. The van der Waals surface area contributed by atoms with E-state index in [0.29, 0.717) is 0 Å². The number of benzene rings is 2. The average molecular weight is 390 g/mol. The summed E-state index contributed by atoms with van der Waals surface area (Å²) in [6.07, 6.45) is 0. The van der Waals surface area contributed by atoms with Crippen molar-refractivity contribution in [3.8, 4) is 11.8 Å². The molecule has 3 rings (SSSR count). The molecule has 0 unspecified atom stereocenters. The first kappa shape index (κ1) is 21.5. The Kier molecular flexibility index (Phi) is 5.13. The van der Waals surface area contributed by atoms with Crippen molar-refractivity contribution in [2.75, 3.05) is 0 Å². The molecule has 0 spiro atoms. The largest absolute Gasteiger partial charge is 0.378 e. The van der Waals surface area contributed by atoms with E-state index in [1.165, 1.54) is 32.9 Å². The molecule has 2 aromatic carbocycles. The van der Waals surface area contributed by atoms with E-state index in [4.69, 9.17) is 0 Å². The van der Waals surface area contributed by atoms with Crippen molar-refractivity contribution in [2.45, 2.75) is 85.3 Å². The Morgan fingerprint density at radius 1 is 0.828 bits per heavy atom. The molecule has 0 atom stereocenters. The van der Waals surface area contributed by atoms with Crippen LogP contribution in [0.4, 0.5) is 0 Å². The summed E-state index contributed by atoms with van der Waals surface area (Å²) in [7, 11) is 0. The number of rotatable bonds is 1. The molecule has 1 heterocycles. The summed E-state index contributed by atoms with van der Waals surface area (Å²) in [6.45, 7) is 20.0. The van der Waals surface area contributed by atoms with Gasteiger partial charge in [0.1, 0.15) is 5.60 Å². The number of nitrogens with zero attached hydrogens (tertiary/aromatic N) is 1. The van der Waals surface area contributed by atoms with E-state index in [1.807, 2.05) is 0 Å². The first-order chi connectivity index (χ1) is 13.2. The molecule has 0 amide bonds. The normalized spacial score (nSPS) is 13.0. The molecule has 0 saturated carbocycles. The van der Waals surface area contributed by atoms with Crippen molar-refractivity contribution in [2.24, 2.45) is 0 Å². The van der Waals surface area contributed by atoms with E-state index in [0.717, 1.165) is 12.1 Å². The van der Waals surface area contributed by atoms with Gasteiger partial charge in [-0.1, -0.05) is 59.4 Å². The first-order valence-electron chi connectivity index (χ1n) is 10.6. The van der Waals surface area contributed by atoms with Gasteiger partial charge in [0.15, 0.2) is 0 Å². The number of hydrogen-bond donors (Lipinski definition) is 1. The highest BCUT2D eigenvalue weighted by Gasteiger charge is 2.22. The van der Waals surface area contributed by atoms with Crippen LogP contribution in [0.25, 0.3) is 21.8 Å². The van der Waals surface area contributed by atoms with Gasteiger partial charge in [-0.25, -0.2) is 0 Å². The van der Waals surface area contributed by atoms with Gasteiger partial charge in [0.05, 0.1) is 5.52 Å². The lowest BCUT2D eigenvalue weighted by Crippen LogP contribution is -2.15. The predicted octanol–water partition coefficient (Wildman–Crippen LogP) is 6.53. The van der Waals surface area contributed by atoms with Crippen molar-refractivity contribution in [1.29, 1.82) is 0 Å². The smallest absolute Gasteiger partial charge is 0.120 e. The van der Waals surface area contributed by atoms with E-state index in [1.54, 1.807) is 13.8 Å². The zero-order chi connectivity index (χ0) is 21.8. The highest BCUT2D eigenvalue weighted by atomic mass is 16.3. The van der Waals surface area contributed by atoms with Crippen molar-refractivity contribution in [3.63, 3.8) is 0 Å². The molecule has 2 nitrogen and oxygen atoms in total. The molecule has 0 aliphatic carbocycles. The lowest BCUT2D eigenvalue weighted by molar-refractivity contribution is 0.143. The Hall–Kier alpha value is -2.24. The standard InChI is InChI=1S/C27H35NO/c1-10-28-23-12-11-19(25(2,3)4)16-21(23)22-17-20(26(5,6)7)15-18(24(22)28)13-14-27(8,9)29/h11-12,15-17,29H,10H2,1-9H3. The Morgan fingerprint density at radius 3 is 1.93 bits per heavy atom. The van der Waals surface area contributed by atoms with Crippen LogP contribution in [0.15, 0.2) is 30.3 Å². The summed E-state index contributed by atoms with van der Waals surface area (Å²) in [5.74, 6) is 6.33. The van der Waals surface area contributed by atoms with Crippen LogP contribution in [0.2, 0.25) is 0 Å². The van der Waals surface area contributed by atoms with Crippen LogP contribution < -0.4 is 0 Å². The molecule has 1 N–H and O–H groups in total. The van der Waals surface area contributed by atoms with Crippen LogP contribution in [0.1, 0.15) is 79.0 Å². The predicted molar refractivity (Wildman–Crippen MR) is 126 cm³/mol. The van der Waals surface area contributed by atoms with Crippen molar-refractivity contribution in [1.82, 2.24) is 4.57 Å². The monoisotopic (exact) mass is 389 g/mol. The SMILES string of the molecule is CCn1c2ccc(C(C)(C)C)cc2c2cc(C(C)(C)C)cc(C#CC(C)(C)O)c21. The van der Waals surface area contributed by atoms with Crippen LogP contribution in [0, 0.1) is 11.8 Å². The highest BCUT2D eigenvalue weighted by Crippen LogP contribution is 2.37. The van der Waals surface area contributed by atoms with Gasteiger partial charge in [0.2, 0.25) is 0 Å². The number of aryl methyl sites for hydroxylation is 1. The Morgan fingerprint density at radius 2 is 1.41 bits per heavy atom. The molecule has 29 heavy (non-hydrogen) atoms. The summed E-state index contributed by atoms with van der Waals surface area (Å²) < 4.78 is 2.36. The number of hydrogen-bond acceptors (Lipinski definition) is 1. The molecular weight excluding hydrogens is 354 g/mol. The van der Waals surface area contributed by atoms with E-state index < -0.39 is 5.60 Å². The van der Waals surface area contributed by atoms with Gasteiger partial charge in [-0.05, 0) is 67.0 Å². The fraction of sp³-hybridized carbons (Fsp3) is 0.481. The van der Waals surface area contributed by atoms with Gasteiger partial charge in [-0.3, -0.25) is 0 Å². The van der Waals surface area contributed by atoms with Crippen LogP contribution in [-0.2, 0) is 17.4 Å². The minimum Gasteiger partial charge on any atom is -0.378 e. The van der Waals surface area contributed by atoms with Gasteiger partial charge in [0.25, 0.3) is 0 Å². The van der Waals surface area contributed by atoms with E-state index in [-0.39, 0.29) is 10.8 Å². The number of fused-ring (bicyclic) bond motifs is 3. The third-order valence-corrected chi connectivity index (χ3v) is 5.51. The van der Waals surface area contributed by atoms with Gasteiger partial charge in [0, 0.05) is 28.4 Å². The van der Waals surface area contributed by atoms with Crippen LogP contribution in [-0.4, -0.2) is 15.3 Å². The number of aliphatic hydroxyl groups is 1. The minimum atomic E-state index is -1.02. The van der Waals surface area contributed by atoms with Crippen molar-refractivity contribution >= 4 is 21.8 Å². The maximum absolute atomic E-state index is 10.2. The summed E-state index contributed by atoms with van der Waals surface area (Å²) in [5.41, 5.74) is 5.09. The first-order valence-corrected chi connectivity index (χ1v) is 10.6. The van der Waals surface area contributed by atoms with Crippen LogP contribution >= 0.6 is 0 Å². The summed E-state index contributed by atoms with van der Waals surface area (Å²) in [6, 6.07) is 11.4. The molecule has 0 aliphatic heterocycles. The quantitative estimate of drug-likeness (QED) is 0.470. The zero-order valence-electron chi connectivity index (χ0n) is 19.5. The van der Waals surface area contributed by atoms with Crippen LogP contribution in [0.3, 0.4) is 0 Å². The van der Waals surface area contributed by atoms with E-state index in [9.17, 15) is 5.11 Å². The lowest BCUT2D eigenvalue weighted by atomic mass is 9.84. The third kappa shape index (κ3) is 4.21.